The minimum absolute atomic E-state index is 0.0811. The second-order valence-electron chi connectivity index (χ2n) is 9.37. The van der Waals surface area contributed by atoms with Crippen LogP contribution in [0.3, 0.4) is 0 Å². The standard InChI is InChI=1S/C27H36ClN3O6S/c1-5-23(27(33)29-21-8-6-7-9-21)30(17-19-10-12-20(28)13-11-19)26(32)18-31(38(4,34)35)24-16-22(36-2)14-15-25(24)37-3/h10-16,21,23H,5-9,17-18H2,1-4H3,(H,29,33)/t23-/m1/s1. The van der Waals surface area contributed by atoms with E-state index in [0.717, 1.165) is 41.8 Å². The average molecular weight is 566 g/mol. The van der Waals surface area contributed by atoms with E-state index in [0.29, 0.717) is 17.2 Å². The lowest BCUT2D eigenvalue weighted by molar-refractivity contribution is -0.140. The maximum absolute atomic E-state index is 13.9. The predicted octanol–water partition coefficient (Wildman–Crippen LogP) is 3.99. The van der Waals surface area contributed by atoms with Crippen LogP contribution < -0.4 is 19.1 Å². The Hall–Kier alpha value is -2.98. The van der Waals surface area contributed by atoms with Gasteiger partial charge in [-0.15, -0.1) is 0 Å². The number of carbonyl (C=O) groups is 2. The summed E-state index contributed by atoms with van der Waals surface area (Å²) in [4.78, 5) is 28.7. The Morgan fingerprint density at radius 1 is 1.08 bits per heavy atom. The number of nitrogens with zero attached hydrogens (tertiary/aromatic N) is 2. The number of hydrogen-bond acceptors (Lipinski definition) is 6. The van der Waals surface area contributed by atoms with Crippen molar-refractivity contribution < 1.29 is 27.5 Å². The van der Waals surface area contributed by atoms with Crippen LogP contribution in [0.4, 0.5) is 5.69 Å². The molecule has 1 fully saturated rings. The summed E-state index contributed by atoms with van der Waals surface area (Å²) in [7, 11) is -1.04. The molecule has 0 saturated heterocycles. The van der Waals surface area contributed by atoms with Gasteiger partial charge >= 0.3 is 0 Å². The summed E-state index contributed by atoms with van der Waals surface area (Å²) in [5.41, 5.74) is 0.928. The topological polar surface area (TPSA) is 105 Å². The van der Waals surface area contributed by atoms with Crippen LogP contribution in [0.2, 0.25) is 5.02 Å². The predicted molar refractivity (Wildman–Crippen MR) is 148 cm³/mol. The molecule has 2 amide bonds. The Balaban J connectivity index is 1.97. The lowest BCUT2D eigenvalue weighted by Crippen LogP contribution is -2.53. The molecule has 0 aromatic heterocycles. The molecule has 0 spiro atoms. The average Bonchev–Trinajstić information content (AvgIpc) is 3.40. The molecule has 208 valence electrons. The Morgan fingerprint density at radius 3 is 2.29 bits per heavy atom. The van der Waals surface area contributed by atoms with E-state index in [9.17, 15) is 18.0 Å². The zero-order valence-corrected chi connectivity index (χ0v) is 23.8. The highest BCUT2D eigenvalue weighted by atomic mass is 35.5. The lowest BCUT2D eigenvalue weighted by atomic mass is 10.1. The number of nitrogens with one attached hydrogen (secondary N) is 1. The maximum Gasteiger partial charge on any atom is 0.244 e. The van der Waals surface area contributed by atoms with Gasteiger partial charge in [-0.1, -0.05) is 43.5 Å². The normalized spacial score (nSPS) is 14.6. The van der Waals surface area contributed by atoms with Gasteiger partial charge in [0, 0.05) is 23.7 Å². The fourth-order valence-corrected chi connectivity index (χ4v) is 5.63. The van der Waals surface area contributed by atoms with E-state index >= 15 is 0 Å². The number of hydrogen-bond donors (Lipinski definition) is 1. The maximum atomic E-state index is 13.9. The highest BCUT2D eigenvalue weighted by Gasteiger charge is 2.33. The molecule has 1 aliphatic rings. The molecular formula is C27H36ClN3O6S. The first-order valence-corrected chi connectivity index (χ1v) is 14.8. The number of methoxy groups -OCH3 is 2. The molecule has 1 saturated carbocycles. The lowest BCUT2D eigenvalue weighted by Gasteiger charge is -2.33. The number of benzene rings is 2. The van der Waals surface area contributed by atoms with E-state index in [2.05, 4.69) is 5.32 Å². The van der Waals surface area contributed by atoms with Gasteiger partial charge in [-0.05, 0) is 49.1 Å². The molecule has 0 heterocycles. The smallest absolute Gasteiger partial charge is 0.244 e. The molecule has 2 aromatic rings. The Labute approximate surface area is 230 Å². The molecule has 0 aliphatic heterocycles. The summed E-state index contributed by atoms with van der Waals surface area (Å²) < 4.78 is 37.5. The third-order valence-corrected chi connectivity index (χ3v) is 8.07. The molecule has 3 rings (SSSR count). The number of amides is 2. The number of sulfonamides is 1. The monoisotopic (exact) mass is 565 g/mol. The Kier molecular flexibility index (Phi) is 10.3. The SMILES string of the molecule is CC[C@H](C(=O)NC1CCCC1)N(Cc1ccc(Cl)cc1)C(=O)CN(c1cc(OC)ccc1OC)S(C)(=O)=O. The highest BCUT2D eigenvalue weighted by molar-refractivity contribution is 7.92. The molecular weight excluding hydrogens is 530 g/mol. The molecule has 38 heavy (non-hydrogen) atoms. The number of rotatable bonds is 12. The van der Waals surface area contributed by atoms with Gasteiger partial charge in [0.1, 0.15) is 24.1 Å². The molecule has 1 N–H and O–H groups in total. The second-order valence-corrected chi connectivity index (χ2v) is 11.7. The van der Waals surface area contributed by atoms with Crippen molar-refractivity contribution in [3.05, 3.63) is 53.1 Å². The van der Waals surface area contributed by atoms with Crippen LogP contribution in [-0.2, 0) is 26.2 Å². The highest BCUT2D eigenvalue weighted by Crippen LogP contribution is 2.34. The number of carbonyl (C=O) groups excluding carboxylic acids is 2. The van der Waals surface area contributed by atoms with Crippen molar-refractivity contribution in [2.75, 3.05) is 31.3 Å². The minimum Gasteiger partial charge on any atom is -0.497 e. The largest absolute Gasteiger partial charge is 0.497 e. The van der Waals surface area contributed by atoms with Gasteiger partial charge in [0.2, 0.25) is 21.8 Å². The van der Waals surface area contributed by atoms with Crippen LogP contribution in [0.25, 0.3) is 0 Å². The van der Waals surface area contributed by atoms with E-state index in [4.69, 9.17) is 21.1 Å². The van der Waals surface area contributed by atoms with E-state index in [1.807, 2.05) is 6.92 Å². The molecule has 0 unspecified atom stereocenters. The van der Waals surface area contributed by atoms with Gasteiger partial charge in [-0.25, -0.2) is 8.42 Å². The van der Waals surface area contributed by atoms with E-state index in [1.165, 1.54) is 25.2 Å². The zero-order valence-electron chi connectivity index (χ0n) is 22.3. The Bertz CT molecular complexity index is 1220. The van der Waals surface area contributed by atoms with E-state index < -0.39 is 28.5 Å². The molecule has 1 aliphatic carbocycles. The van der Waals surface area contributed by atoms with Gasteiger partial charge in [0.15, 0.2) is 0 Å². The van der Waals surface area contributed by atoms with E-state index in [1.54, 1.807) is 36.4 Å². The number of halogens is 1. The van der Waals surface area contributed by atoms with E-state index in [-0.39, 0.29) is 29.9 Å². The van der Waals surface area contributed by atoms with Crippen LogP contribution in [0.5, 0.6) is 11.5 Å². The van der Waals surface area contributed by atoms with Crippen molar-refractivity contribution in [1.82, 2.24) is 10.2 Å². The molecule has 9 nitrogen and oxygen atoms in total. The molecule has 0 radical (unpaired) electrons. The second kappa shape index (κ2) is 13.2. The first kappa shape index (κ1) is 29.6. The summed E-state index contributed by atoms with van der Waals surface area (Å²) in [5, 5.41) is 3.63. The summed E-state index contributed by atoms with van der Waals surface area (Å²) >= 11 is 6.05. The van der Waals surface area contributed by atoms with Gasteiger partial charge in [-0.2, -0.15) is 0 Å². The fraction of sp³-hybridized carbons (Fsp3) is 0.481. The third kappa shape index (κ3) is 7.54. The summed E-state index contributed by atoms with van der Waals surface area (Å²) in [6, 6.07) is 11.0. The summed E-state index contributed by atoms with van der Waals surface area (Å²) in [5.74, 6) is -0.100. The van der Waals surface area contributed by atoms with Crippen LogP contribution in [0.1, 0.15) is 44.6 Å². The molecule has 1 atom stereocenters. The number of ether oxygens (including phenoxy) is 2. The summed E-state index contributed by atoms with van der Waals surface area (Å²) in [6.45, 7) is 1.42. The van der Waals surface area contributed by atoms with Crippen LogP contribution >= 0.6 is 11.6 Å². The molecule has 11 heteroatoms. The van der Waals surface area contributed by atoms with Crippen LogP contribution in [0.15, 0.2) is 42.5 Å². The summed E-state index contributed by atoms with van der Waals surface area (Å²) in [6.07, 6.45) is 5.31. The van der Waals surface area contributed by atoms with Gasteiger partial charge in [0.25, 0.3) is 0 Å². The zero-order chi connectivity index (χ0) is 27.9. The fourth-order valence-electron chi connectivity index (χ4n) is 4.66. The number of anilines is 1. The van der Waals surface area contributed by atoms with Crippen molar-refractivity contribution in [2.24, 2.45) is 0 Å². The van der Waals surface area contributed by atoms with Crippen molar-refractivity contribution in [3.63, 3.8) is 0 Å². The molecule has 2 aromatic carbocycles. The van der Waals surface area contributed by atoms with Crippen molar-refractivity contribution in [1.29, 1.82) is 0 Å². The van der Waals surface area contributed by atoms with Gasteiger partial charge in [0.05, 0.1) is 26.2 Å². The first-order valence-electron chi connectivity index (χ1n) is 12.6. The van der Waals surface area contributed by atoms with Crippen LogP contribution in [0, 0.1) is 0 Å². The minimum atomic E-state index is -3.92. The molecule has 0 bridgehead atoms. The first-order chi connectivity index (χ1) is 18.1. The van der Waals surface area contributed by atoms with Crippen molar-refractivity contribution in [2.45, 2.75) is 57.7 Å². The van der Waals surface area contributed by atoms with Crippen LogP contribution in [-0.4, -0.2) is 64.2 Å². The third-order valence-electron chi connectivity index (χ3n) is 6.69. The van der Waals surface area contributed by atoms with Gasteiger partial charge < -0.3 is 19.7 Å². The quantitative estimate of drug-likeness (QED) is 0.417. The van der Waals surface area contributed by atoms with Crippen molar-refractivity contribution in [3.8, 4) is 11.5 Å². The Morgan fingerprint density at radius 2 is 1.74 bits per heavy atom. The van der Waals surface area contributed by atoms with Crippen molar-refractivity contribution >= 4 is 39.1 Å². The van der Waals surface area contributed by atoms with Gasteiger partial charge in [-0.3, -0.25) is 13.9 Å².